The van der Waals surface area contributed by atoms with E-state index in [2.05, 4.69) is 24.5 Å². The Morgan fingerprint density at radius 3 is 2.76 bits per heavy atom. The van der Waals surface area contributed by atoms with Crippen molar-refractivity contribution in [1.82, 2.24) is 10.6 Å². The molecule has 1 fully saturated rings. The van der Waals surface area contributed by atoms with Crippen LogP contribution in [0.25, 0.3) is 0 Å². The highest BCUT2D eigenvalue weighted by Crippen LogP contribution is 2.30. The summed E-state index contributed by atoms with van der Waals surface area (Å²) in [5, 5.41) is 6.41. The summed E-state index contributed by atoms with van der Waals surface area (Å²) in [5.41, 5.74) is 2.24. The Balaban J connectivity index is 1.98. The number of carbonyl (C=O) groups is 1. The molecule has 1 aromatic carbocycles. The molecule has 1 aliphatic rings. The minimum Gasteiger partial charge on any atom is -0.380 e. The van der Waals surface area contributed by atoms with E-state index in [1.54, 1.807) is 7.11 Å². The van der Waals surface area contributed by atoms with Gasteiger partial charge in [0.1, 0.15) is 0 Å². The minimum absolute atomic E-state index is 0.00831. The zero-order valence-electron chi connectivity index (χ0n) is 13.2. The maximum Gasteiger partial charge on any atom is 0.237 e. The molecule has 0 saturated carbocycles. The van der Waals surface area contributed by atoms with E-state index in [1.807, 2.05) is 24.3 Å². The van der Waals surface area contributed by atoms with Crippen molar-refractivity contribution in [3.05, 3.63) is 35.4 Å². The van der Waals surface area contributed by atoms with Crippen LogP contribution < -0.4 is 10.6 Å². The second-order valence-corrected chi connectivity index (χ2v) is 6.40. The number of carbonyl (C=O) groups excluding carboxylic acids is 1. The van der Waals surface area contributed by atoms with Gasteiger partial charge in [0.25, 0.3) is 0 Å². The van der Waals surface area contributed by atoms with Crippen LogP contribution in [0, 0.1) is 5.41 Å². The molecule has 1 aromatic rings. The van der Waals surface area contributed by atoms with Gasteiger partial charge in [-0.1, -0.05) is 38.1 Å². The fourth-order valence-corrected chi connectivity index (χ4v) is 2.97. The molecular weight excluding hydrogens is 264 g/mol. The SMILES string of the molecule is COCc1ccccc1CNC(=O)C1NCCCC1(C)C. The minimum atomic E-state index is -0.110. The zero-order valence-corrected chi connectivity index (χ0v) is 13.2. The number of benzene rings is 1. The van der Waals surface area contributed by atoms with Gasteiger partial charge < -0.3 is 15.4 Å². The molecule has 1 unspecified atom stereocenters. The molecule has 2 rings (SSSR count). The first-order valence-corrected chi connectivity index (χ1v) is 7.61. The average molecular weight is 290 g/mol. The van der Waals surface area contributed by atoms with Crippen molar-refractivity contribution in [2.75, 3.05) is 13.7 Å². The summed E-state index contributed by atoms with van der Waals surface area (Å²) in [6.45, 7) is 6.35. The number of hydrogen-bond acceptors (Lipinski definition) is 3. The van der Waals surface area contributed by atoms with Gasteiger partial charge in [-0.2, -0.15) is 0 Å². The number of methoxy groups -OCH3 is 1. The van der Waals surface area contributed by atoms with E-state index in [0.717, 1.165) is 30.5 Å². The third-order valence-corrected chi connectivity index (χ3v) is 4.26. The summed E-state index contributed by atoms with van der Waals surface area (Å²) in [6.07, 6.45) is 2.21. The number of piperidine rings is 1. The quantitative estimate of drug-likeness (QED) is 0.874. The molecule has 1 atom stereocenters. The van der Waals surface area contributed by atoms with Crippen molar-refractivity contribution in [2.45, 2.75) is 45.9 Å². The van der Waals surface area contributed by atoms with Gasteiger partial charge in [-0.05, 0) is 35.9 Å². The zero-order chi connectivity index (χ0) is 15.3. The molecule has 21 heavy (non-hydrogen) atoms. The lowest BCUT2D eigenvalue weighted by molar-refractivity contribution is -0.126. The number of hydrogen-bond donors (Lipinski definition) is 2. The molecule has 1 amide bonds. The predicted molar refractivity (Wildman–Crippen MR) is 83.8 cm³/mol. The normalized spacial score (nSPS) is 21.0. The second kappa shape index (κ2) is 7.05. The van der Waals surface area contributed by atoms with Crippen LogP contribution in [-0.4, -0.2) is 25.6 Å². The highest BCUT2D eigenvalue weighted by Gasteiger charge is 2.36. The van der Waals surface area contributed by atoms with Crippen molar-refractivity contribution in [3.63, 3.8) is 0 Å². The molecule has 2 N–H and O–H groups in total. The van der Waals surface area contributed by atoms with Gasteiger partial charge in [-0.15, -0.1) is 0 Å². The van der Waals surface area contributed by atoms with Gasteiger partial charge in [-0.25, -0.2) is 0 Å². The van der Waals surface area contributed by atoms with Gasteiger partial charge >= 0.3 is 0 Å². The first-order chi connectivity index (χ1) is 10.0. The molecule has 1 aliphatic heterocycles. The summed E-state index contributed by atoms with van der Waals surface area (Å²) in [7, 11) is 1.68. The molecule has 1 saturated heterocycles. The van der Waals surface area contributed by atoms with Crippen LogP contribution in [0.4, 0.5) is 0 Å². The van der Waals surface area contributed by atoms with Crippen LogP contribution in [0.3, 0.4) is 0 Å². The Kier molecular flexibility index (Phi) is 5.37. The molecule has 1 heterocycles. The van der Waals surface area contributed by atoms with E-state index in [-0.39, 0.29) is 17.4 Å². The molecule has 0 aromatic heterocycles. The number of rotatable bonds is 5. The molecule has 0 bridgehead atoms. The van der Waals surface area contributed by atoms with Gasteiger partial charge in [0.2, 0.25) is 5.91 Å². The molecule has 4 nitrogen and oxygen atoms in total. The molecule has 0 spiro atoms. The van der Waals surface area contributed by atoms with E-state index >= 15 is 0 Å². The Hall–Kier alpha value is -1.39. The molecule has 0 radical (unpaired) electrons. The van der Waals surface area contributed by atoms with Crippen LogP contribution >= 0.6 is 0 Å². The Labute approximate surface area is 127 Å². The number of ether oxygens (including phenoxy) is 1. The number of nitrogens with one attached hydrogen (secondary N) is 2. The third-order valence-electron chi connectivity index (χ3n) is 4.26. The van der Waals surface area contributed by atoms with Crippen LogP contribution in [0.1, 0.15) is 37.8 Å². The smallest absolute Gasteiger partial charge is 0.237 e. The van der Waals surface area contributed by atoms with Gasteiger partial charge in [0.05, 0.1) is 12.6 Å². The first kappa shape index (κ1) is 16.0. The Bertz CT molecular complexity index is 485. The van der Waals surface area contributed by atoms with Crippen molar-refractivity contribution >= 4 is 5.91 Å². The Morgan fingerprint density at radius 1 is 1.38 bits per heavy atom. The van der Waals surface area contributed by atoms with E-state index in [1.165, 1.54) is 0 Å². The fraction of sp³-hybridized carbons (Fsp3) is 0.588. The fourth-order valence-electron chi connectivity index (χ4n) is 2.97. The number of amides is 1. The predicted octanol–water partition coefficient (Wildman–Crippen LogP) is 2.23. The molecule has 116 valence electrons. The maximum atomic E-state index is 12.5. The molecule has 4 heteroatoms. The molecule has 0 aliphatic carbocycles. The van der Waals surface area contributed by atoms with Gasteiger partial charge in [0.15, 0.2) is 0 Å². The standard InChI is InChI=1S/C17H26N2O2/c1-17(2)9-6-10-18-15(17)16(20)19-11-13-7-4-5-8-14(13)12-21-3/h4-5,7-8,15,18H,6,9-12H2,1-3H3,(H,19,20). The van der Waals surface area contributed by atoms with Crippen molar-refractivity contribution in [1.29, 1.82) is 0 Å². The van der Waals surface area contributed by atoms with Crippen LogP contribution in [-0.2, 0) is 22.7 Å². The topological polar surface area (TPSA) is 50.4 Å². The lowest BCUT2D eigenvalue weighted by Crippen LogP contribution is -2.55. The van der Waals surface area contributed by atoms with E-state index in [4.69, 9.17) is 4.74 Å². The van der Waals surface area contributed by atoms with E-state index < -0.39 is 0 Å². The van der Waals surface area contributed by atoms with Crippen molar-refractivity contribution in [2.24, 2.45) is 5.41 Å². The van der Waals surface area contributed by atoms with Gasteiger partial charge in [-0.3, -0.25) is 4.79 Å². The largest absolute Gasteiger partial charge is 0.380 e. The van der Waals surface area contributed by atoms with Crippen LogP contribution in [0.5, 0.6) is 0 Å². The average Bonchev–Trinajstić information content (AvgIpc) is 2.46. The maximum absolute atomic E-state index is 12.5. The summed E-state index contributed by atoms with van der Waals surface area (Å²) in [5.74, 6) is 0.0897. The summed E-state index contributed by atoms with van der Waals surface area (Å²) < 4.78 is 5.20. The highest BCUT2D eigenvalue weighted by atomic mass is 16.5. The van der Waals surface area contributed by atoms with Crippen molar-refractivity contribution in [3.8, 4) is 0 Å². The van der Waals surface area contributed by atoms with Crippen LogP contribution in [0.15, 0.2) is 24.3 Å². The first-order valence-electron chi connectivity index (χ1n) is 7.61. The third kappa shape index (κ3) is 4.05. The lowest BCUT2D eigenvalue weighted by atomic mass is 9.77. The summed E-state index contributed by atoms with van der Waals surface area (Å²) in [6, 6.07) is 7.94. The summed E-state index contributed by atoms with van der Waals surface area (Å²) >= 11 is 0. The van der Waals surface area contributed by atoms with E-state index in [0.29, 0.717) is 13.2 Å². The molecular formula is C17H26N2O2. The second-order valence-electron chi connectivity index (χ2n) is 6.40. The summed E-state index contributed by atoms with van der Waals surface area (Å²) in [4.78, 5) is 12.5. The van der Waals surface area contributed by atoms with Gasteiger partial charge in [0, 0.05) is 13.7 Å². The lowest BCUT2D eigenvalue weighted by Gasteiger charge is -2.38. The highest BCUT2D eigenvalue weighted by molar-refractivity contribution is 5.82. The van der Waals surface area contributed by atoms with E-state index in [9.17, 15) is 4.79 Å². The van der Waals surface area contributed by atoms with Crippen LogP contribution in [0.2, 0.25) is 0 Å². The monoisotopic (exact) mass is 290 g/mol. The van der Waals surface area contributed by atoms with Crippen molar-refractivity contribution < 1.29 is 9.53 Å². The Morgan fingerprint density at radius 2 is 2.10 bits per heavy atom.